The summed E-state index contributed by atoms with van der Waals surface area (Å²) in [4.78, 5) is 20.8. The quantitative estimate of drug-likeness (QED) is 0.784. The van der Waals surface area contributed by atoms with Gasteiger partial charge in [-0.3, -0.25) is 9.20 Å². The molecule has 0 radical (unpaired) electrons. The molecule has 0 bridgehead atoms. The normalized spacial score (nSPS) is 10.8. The Labute approximate surface area is 130 Å². The highest BCUT2D eigenvalue weighted by Gasteiger charge is 2.17. The van der Waals surface area contributed by atoms with Crippen molar-refractivity contribution in [2.24, 2.45) is 0 Å². The second-order valence-electron chi connectivity index (χ2n) is 4.44. The van der Waals surface area contributed by atoms with Gasteiger partial charge < -0.3 is 5.32 Å². The second-order valence-corrected chi connectivity index (χ2v) is 5.31. The maximum atomic E-state index is 12.4. The van der Waals surface area contributed by atoms with Crippen molar-refractivity contribution in [3.05, 3.63) is 58.1 Å². The highest BCUT2D eigenvalue weighted by atomic mass is 35.5. The molecule has 0 atom stereocenters. The number of aryl methyl sites for hydroxylation is 1. The minimum Gasteiger partial charge on any atom is -0.305 e. The monoisotopic (exact) mass is 320 g/mol. The Bertz CT molecular complexity index is 827. The number of anilines is 1. The van der Waals surface area contributed by atoms with E-state index < -0.39 is 0 Å². The summed E-state index contributed by atoms with van der Waals surface area (Å²) >= 11 is 11.7. The predicted octanol–water partition coefficient (Wildman–Crippen LogP) is 3.60. The van der Waals surface area contributed by atoms with Crippen LogP contribution in [0.3, 0.4) is 0 Å². The zero-order valence-electron chi connectivity index (χ0n) is 11.0. The first-order valence-corrected chi connectivity index (χ1v) is 6.87. The van der Waals surface area contributed by atoms with E-state index in [1.807, 2.05) is 0 Å². The molecule has 1 amide bonds. The Hall–Kier alpha value is -2.11. The lowest BCUT2D eigenvalue weighted by Crippen LogP contribution is -2.16. The molecule has 0 aliphatic carbocycles. The molecule has 0 aromatic carbocycles. The molecule has 0 saturated carbocycles. The molecule has 1 N–H and O–H groups in total. The van der Waals surface area contributed by atoms with Gasteiger partial charge in [0.25, 0.3) is 5.91 Å². The van der Waals surface area contributed by atoms with E-state index in [4.69, 9.17) is 23.2 Å². The van der Waals surface area contributed by atoms with Crippen LogP contribution >= 0.6 is 23.2 Å². The fourth-order valence-electron chi connectivity index (χ4n) is 2.04. The fourth-order valence-corrected chi connectivity index (χ4v) is 2.31. The minimum atomic E-state index is -0.308. The number of amides is 1. The third kappa shape index (κ3) is 2.70. The Morgan fingerprint density at radius 3 is 2.67 bits per heavy atom. The van der Waals surface area contributed by atoms with Crippen molar-refractivity contribution in [2.45, 2.75) is 6.92 Å². The lowest BCUT2D eigenvalue weighted by molar-refractivity contribution is 0.102. The van der Waals surface area contributed by atoms with Crippen molar-refractivity contribution in [3.8, 4) is 0 Å². The zero-order chi connectivity index (χ0) is 15.0. The van der Waals surface area contributed by atoms with Crippen molar-refractivity contribution in [1.29, 1.82) is 0 Å². The molecule has 0 spiro atoms. The molecule has 7 heteroatoms. The summed E-state index contributed by atoms with van der Waals surface area (Å²) in [5.41, 5.74) is 1.69. The van der Waals surface area contributed by atoms with Crippen molar-refractivity contribution in [2.75, 3.05) is 5.32 Å². The molecular weight excluding hydrogens is 311 g/mol. The minimum absolute atomic E-state index is 0.308. The molecule has 3 heterocycles. The van der Waals surface area contributed by atoms with Crippen LogP contribution in [0.5, 0.6) is 0 Å². The van der Waals surface area contributed by atoms with E-state index in [0.717, 1.165) is 0 Å². The van der Waals surface area contributed by atoms with E-state index in [2.05, 4.69) is 15.3 Å². The number of nitrogens with one attached hydrogen (secondary N) is 1. The molecule has 3 aromatic rings. The Morgan fingerprint density at radius 2 is 1.95 bits per heavy atom. The van der Waals surface area contributed by atoms with Crippen LogP contribution in [0.2, 0.25) is 10.0 Å². The number of rotatable bonds is 2. The smallest absolute Gasteiger partial charge is 0.275 e. The Kier molecular flexibility index (Phi) is 3.53. The van der Waals surface area contributed by atoms with E-state index in [1.165, 1.54) is 6.20 Å². The van der Waals surface area contributed by atoms with Gasteiger partial charge in [0.05, 0.1) is 15.7 Å². The predicted molar refractivity (Wildman–Crippen MR) is 82.1 cm³/mol. The Balaban J connectivity index is 1.99. The van der Waals surface area contributed by atoms with E-state index in [-0.39, 0.29) is 5.91 Å². The molecule has 3 aromatic heterocycles. The first-order chi connectivity index (χ1) is 10.0. The van der Waals surface area contributed by atoms with Crippen molar-refractivity contribution in [1.82, 2.24) is 14.4 Å². The van der Waals surface area contributed by atoms with Gasteiger partial charge in [-0.05, 0) is 31.2 Å². The first-order valence-electron chi connectivity index (χ1n) is 6.12. The van der Waals surface area contributed by atoms with Crippen LogP contribution in [0.1, 0.15) is 16.2 Å². The number of aromatic nitrogens is 3. The molecule has 106 valence electrons. The summed E-state index contributed by atoms with van der Waals surface area (Å²) in [5.74, 6) is 0.109. The average molecular weight is 321 g/mol. The number of carbonyl (C=O) groups is 1. The molecule has 3 rings (SSSR count). The zero-order valence-corrected chi connectivity index (χ0v) is 12.5. The Morgan fingerprint density at radius 1 is 1.19 bits per heavy atom. The van der Waals surface area contributed by atoms with Crippen LogP contribution in [0, 0.1) is 6.92 Å². The number of imidazole rings is 1. The number of carbonyl (C=O) groups excluding carboxylic acids is 1. The third-order valence-corrected chi connectivity index (χ3v) is 3.39. The topological polar surface area (TPSA) is 59.3 Å². The lowest BCUT2D eigenvalue weighted by atomic mass is 10.3. The van der Waals surface area contributed by atoms with Gasteiger partial charge >= 0.3 is 0 Å². The highest BCUT2D eigenvalue weighted by Crippen LogP contribution is 2.18. The van der Waals surface area contributed by atoms with Gasteiger partial charge in [-0.15, -0.1) is 0 Å². The number of halogens is 2. The summed E-state index contributed by atoms with van der Waals surface area (Å²) in [5, 5.41) is 3.74. The summed E-state index contributed by atoms with van der Waals surface area (Å²) < 4.78 is 1.66. The van der Waals surface area contributed by atoms with Crippen molar-refractivity contribution in [3.63, 3.8) is 0 Å². The average Bonchev–Trinajstić information content (AvgIpc) is 2.76. The van der Waals surface area contributed by atoms with Gasteiger partial charge in [0.2, 0.25) is 0 Å². The van der Waals surface area contributed by atoms with Crippen LogP contribution in [-0.2, 0) is 0 Å². The van der Waals surface area contributed by atoms with Crippen LogP contribution < -0.4 is 5.32 Å². The number of pyridine rings is 2. The summed E-state index contributed by atoms with van der Waals surface area (Å²) in [6.45, 7) is 1.77. The molecular formula is C14H10Cl2N4O. The van der Waals surface area contributed by atoms with Crippen LogP contribution in [0.4, 0.5) is 5.82 Å². The molecule has 0 saturated heterocycles. The van der Waals surface area contributed by atoms with Crippen molar-refractivity contribution >= 4 is 40.6 Å². The van der Waals surface area contributed by atoms with Gasteiger partial charge in [-0.2, -0.15) is 0 Å². The number of nitrogens with zero attached hydrogens (tertiary/aromatic N) is 3. The van der Waals surface area contributed by atoms with Gasteiger partial charge in [0.15, 0.2) is 0 Å². The van der Waals surface area contributed by atoms with Crippen LogP contribution in [0.25, 0.3) is 5.65 Å². The largest absolute Gasteiger partial charge is 0.305 e. The number of hydrogen-bond donors (Lipinski definition) is 1. The van der Waals surface area contributed by atoms with Gasteiger partial charge in [0.1, 0.15) is 17.2 Å². The maximum Gasteiger partial charge on any atom is 0.275 e. The molecule has 0 aliphatic rings. The highest BCUT2D eigenvalue weighted by molar-refractivity contribution is 6.30. The van der Waals surface area contributed by atoms with E-state index >= 15 is 0 Å². The molecule has 21 heavy (non-hydrogen) atoms. The fraction of sp³-hybridized carbons (Fsp3) is 0.0714. The van der Waals surface area contributed by atoms with Gasteiger partial charge in [0, 0.05) is 12.4 Å². The number of hydrogen-bond acceptors (Lipinski definition) is 3. The lowest BCUT2D eigenvalue weighted by Gasteiger charge is -2.05. The second kappa shape index (κ2) is 5.35. The molecule has 0 unspecified atom stereocenters. The summed E-state index contributed by atoms with van der Waals surface area (Å²) in [6, 6.07) is 6.77. The van der Waals surface area contributed by atoms with Crippen LogP contribution in [0.15, 0.2) is 36.7 Å². The molecule has 5 nitrogen and oxygen atoms in total. The van der Waals surface area contributed by atoms with E-state index in [0.29, 0.717) is 32.9 Å². The SMILES string of the molecule is Cc1nc2ccc(Cl)cn2c1C(=O)Nc1ccc(Cl)cn1. The first kappa shape index (κ1) is 13.9. The molecule has 0 aliphatic heterocycles. The standard InChI is InChI=1S/C14H10Cl2N4O/c1-8-13(20-7-10(16)3-5-12(20)18-8)14(21)19-11-4-2-9(15)6-17-11/h2-7H,1H3,(H,17,19,21). The third-order valence-electron chi connectivity index (χ3n) is 2.94. The maximum absolute atomic E-state index is 12.4. The molecule has 0 fully saturated rings. The number of fused-ring (bicyclic) bond motifs is 1. The van der Waals surface area contributed by atoms with E-state index in [9.17, 15) is 4.79 Å². The summed E-state index contributed by atoms with van der Waals surface area (Å²) in [6.07, 6.45) is 3.12. The summed E-state index contributed by atoms with van der Waals surface area (Å²) in [7, 11) is 0. The van der Waals surface area contributed by atoms with Crippen LogP contribution in [-0.4, -0.2) is 20.3 Å². The van der Waals surface area contributed by atoms with Crippen molar-refractivity contribution < 1.29 is 4.79 Å². The van der Waals surface area contributed by atoms with Gasteiger partial charge in [-0.25, -0.2) is 9.97 Å². The van der Waals surface area contributed by atoms with Gasteiger partial charge in [-0.1, -0.05) is 23.2 Å². The van der Waals surface area contributed by atoms with E-state index in [1.54, 1.807) is 41.8 Å².